The maximum Gasteiger partial charge on any atom is 0.143 e. The molecule has 1 heterocycles. The van der Waals surface area contributed by atoms with E-state index >= 15 is 0 Å². The van der Waals surface area contributed by atoms with Crippen molar-refractivity contribution in [3.8, 4) is 33.4 Å². The van der Waals surface area contributed by atoms with Crippen LogP contribution in [0.4, 0.5) is 17.1 Å². The monoisotopic (exact) mass is 667 g/mol. The summed E-state index contributed by atoms with van der Waals surface area (Å²) < 4.78 is 42.9. The van der Waals surface area contributed by atoms with Crippen molar-refractivity contribution >= 4 is 60.5 Å². The average Bonchev–Trinajstić information content (AvgIpc) is 3.65. The Morgan fingerprint density at radius 1 is 0.404 bits per heavy atom. The number of para-hydroxylation sites is 1. The number of anilines is 3. The van der Waals surface area contributed by atoms with Gasteiger partial charge in [-0.05, 0) is 80.4 Å². The fourth-order valence-corrected chi connectivity index (χ4v) is 7.52. The Morgan fingerprint density at radius 3 is 1.83 bits per heavy atom. The first kappa shape index (κ1) is 26.0. The van der Waals surface area contributed by atoms with Gasteiger partial charge in [0.15, 0.2) is 0 Å². The summed E-state index contributed by atoms with van der Waals surface area (Å²) in [7, 11) is 0. The van der Waals surface area contributed by atoms with Crippen LogP contribution in [0.25, 0.3) is 76.9 Å². The van der Waals surface area contributed by atoms with Crippen LogP contribution < -0.4 is 4.90 Å². The molecule has 10 rings (SSSR count). The zero-order valence-electron chi connectivity index (χ0n) is 32.1. The summed E-state index contributed by atoms with van der Waals surface area (Å²) in [5.74, 6) is 0. The smallest absolute Gasteiger partial charge is 0.143 e. The molecule has 0 spiro atoms. The Bertz CT molecular complexity index is 3110. The lowest BCUT2D eigenvalue weighted by molar-refractivity contribution is 0.672. The molecule has 0 bridgehead atoms. The van der Waals surface area contributed by atoms with Crippen LogP contribution in [0, 0.1) is 0 Å². The highest BCUT2D eigenvalue weighted by molar-refractivity contribution is 6.19. The van der Waals surface area contributed by atoms with Gasteiger partial charge < -0.3 is 9.32 Å². The number of nitrogens with zero attached hydrogens (tertiary/aromatic N) is 1. The van der Waals surface area contributed by atoms with E-state index in [-0.39, 0.29) is 24.2 Å². The standard InChI is InChI=1S/C50H33NO/c1-2-12-37(13-3-1)43-18-8-9-21-46(43)51(47-22-11-23-48-49(47)45-33-30-38-15-5-7-19-44(38)50(45)52-48)40-31-28-35(29-32-40)34-24-26-39(27-25-34)42-20-10-16-36-14-4-6-17-41(36)42/h1-33H/i8D,9D,18D,21D. The molecule has 0 saturated carbocycles. The van der Waals surface area contributed by atoms with Gasteiger partial charge in [-0.2, -0.15) is 0 Å². The van der Waals surface area contributed by atoms with E-state index in [4.69, 9.17) is 7.16 Å². The minimum atomic E-state index is -0.298. The second-order valence-electron chi connectivity index (χ2n) is 13.0. The molecule has 0 radical (unpaired) electrons. The van der Waals surface area contributed by atoms with E-state index in [9.17, 15) is 2.74 Å². The number of furan rings is 1. The van der Waals surface area contributed by atoms with Crippen molar-refractivity contribution in [2.24, 2.45) is 0 Å². The van der Waals surface area contributed by atoms with Crippen LogP contribution in [0.3, 0.4) is 0 Å². The predicted octanol–water partition coefficient (Wildman–Crippen LogP) is 14.4. The minimum Gasteiger partial charge on any atom is -0.455 e. The van der Waals surface area contributed by atoms with Crippen molar-refractivity contribution in [1.82, 2.24) is 0 Å². The van der Waals surface area contributed by atoms with Crippen LogP contribution in [-0.2, 0) is 0 Å². The highest BCUT2D eigenvalue weighted by Crippen LogP contribution is 2.47. The summed E-state index contributed by atoms with van der Waals surface area (Å²) in [6.07, 6.45) is 0. The van der Waals surface area contributed by atoms with Crippen molar-refractivity contribution in [1.29, 1.82) is 0 Å². The molecule has 0 aliphatic carbocycles. The molecule has 1 aromatic heterocycles. The molecule has 2 nitrogen and oxygen atoms in total. The van der Waals surface area contributed by atoms with E-state index in [0.717, 1.165) is 55.2 Å². The Labute approximate surface area is 308 Å². The zero-order chi connectivity index (χ0) is 37.9. The lowest BCUT2D eigenvalue weighted by Gasteiger charge is -2.28. The predicted molar refractivity (Wildman–Crippen MR) is 220 cm³/mol. The summed E-state index contributed by atoms with van der Waals surface area (Å²) in [5, 5.41) is 6.27. The molecular weight excluding hydrogens is 631 g/mol. The van der Waals surface area contributed by atoms with Crippen LogP contribution in [-0.4, -0.2) is 0 Å². The molecule has 2 heteroatoms. The molecule has 0 saturated heterocycles. The maximum absolute atomic E-state index is 9.46. The van der Waals surface area contributed by atoms with Crippen LogP contribution in [0.15, 0.2) is 205 Å². The third kappa shape index (κ3) is 5.04. The van der Waals surface area contributed by atoms with Gasteiger partial charge in [0, 0.05) is 22.0 Å². The first-order chi connectivity index (χ1) is 27.5. The second kappa shape index (κ2) is 12.5. The van der Waals surface area contributed by atoms with Gasteiger partial charge in [0.2, 0.25) is 0 Å². The van der Waals surface area contributed by atoms with Crippen LogP contribution in [0.5, 0.6) is 0 Å². The maximum atomic E-state index is 9.46. The molecular formula is C50H33NO. The minimum absolute atomic E-state index is 0.102. The Hall–Kier alpha value is -6.90. The topological polar surface area (TPSA) is 16.4 Å². The first-order valence-electron chi connectivity index (χ1n) is 19.4. The molecule has 244 valence electrons. The van der Waals surface area contributed by atoms with E-state index in [0.29, 0.717) is 22.4 Å². The van der Waals surface area contributed by atoms with Crippen molar-refractivity contribution in [3.05, 3.63) is 200 Å². The van der Waals surface area contributed by atoms with Gasteiger partial charge in [-0.25, -0.2) is 0 Å². The molecule has 9 aromatic carbocycles. The lowest BCUT2D eigenvalue weighted by Crippen LogP contribution is -2.11. The van der Waals surface area contributed by atoms with Gasteiger partial charge >= 0.3 is 0 Å². The number of fused-ring (bicyclic) bond motifs is 6. The highest BCUT2D eigenvalue weighted by Gasteiger charge is 2.22. The fraction of sp³-hybridized carbons (Fsp3) is 0. The van der Waals surface area contributed by atoms with Crippen molar-refractivity contribution in [3.63, 3.8) is 0 Å². The third-order valence-corrected chi connectivity index (χ3v) is 10.0. The number of hydrogen-bond donors (Lipinski definition) is 0. The van der Waals surface area contributed by atoms with Crippen LogP contribution in [0.2, 0.25) is 0 Å². The van der Waals surface area contributed by atoms with E-state index in [1.165, 1.54) is 16.3 Å². The Morgan fingerprint density at radius 2 is 1.02 bits per heavy atom. The van der Waals surface area contributed by atoms with Gasteiger partial charge in [0.1, 0.15) is 11.2 Å². The molecule has 0 fully saturated rings. The molecule has 0 amide bonds. The van der Waals surface area contributed by atoms with E-state index in [1.807, 2.05) is 77.7 Å². The van der Waals surface area contributed by atoms with Crippen molar-refractivity contribution in [2.45, 2.75) is 0 Å². The Kier molecular flexibility index (Phi) is 6.22. The summed E-state index contributed by atoms with van der Waals surface area (Å²) in [4.78, 5) is 1.97. The van der Waals surface area contributed by atoms with E-state index in [2.05, 4.69) is 103 Å². The van der Waals surface area contributed by atoms with Gasteiger partial charge in [0.05, 0.1) is 22.2 Å². The highest BCUT2D eigenvalue weighted by atomic mass is 16.3. The van der Waals surface area contributed by atoms with Gasteiger partial charge in [-0.15, -0.1) is 0 Å². The summed E-state index contributed by atoms with van der Waals surface area (Å²) in [6.45, 7) is 0. The third-order valence-electron chi connectivity index (χ3n) is 10.0. The van der Waals surface area contributed by atoms with E-state index in [1.54, 1.807) is 0 Å². The van der Waals surface area contributed by atoms with Gasteiger partial charge in [-0.1, -0.05) is 164 Å². The first-order valence-corrected chi connectivity index (χ1v) is 17.4. The van der Waals surface area contributed by atoms with E-state index < -0.39 is 0 Å². The summed E-state index contributed by atoms with van der Waals surface area (Å²) >= 11 is 0. The molecule has 0 atom stereocenters. The normalized spacial score (nSPS) is 12.5. The average molecular weight is 668 g/mol. The van der Waals surface area contributed by atoms with Crippen molar-refractivity contribution in [2.75, 3.05) is 4.90 Å². The number of benzene rings is 9. The van der Waals surface area contributed by atoms with Crippen LogP contribution >= 0.6 is 0 Å². The number of rotatable bonds is 6. The molecule has 52 heavy (non-hydrogen) atoms. The van der Waals surface area contributed by atoms with Crippen molar-refractivity contribution < 1.29 is 9.90 Å². The second-order valence-corrected chi connectivity index (χ2v) is 13.0. The Balaban J connectivity index is 1.17. The van der Waals surface area contributed by atoms with Gasteiger partial charge in [0.25, 0.3) is 0 Å². The van der Waals surface area contributed by atoms with Crippen LogP contribution in [0.1, 0.15) is 5.48 Å². The van der Waals surface area contributed by atoms with Gasteiger partial charge in [-0.3, -0.25) is 0 Å². The molecule has 0 aliphatic rings. The fourth-order valence-electron chi connectivity index (χ4n) is 7.52. The number of hydrogen-bond acceptors (Lipinski definition) is 2. The SMILES string of the molecule is [2H]c1c([2H])c([2H])c(N(c2ccc(-c3ccc(-c4cccc5ccccc45)cc3)cc2)c2cccc3oc4c5ccccc5ccc4c23)c(-c2ccccc2)c1[2H]. The molecule has 10 aromatic rings. The lowest BCUT2D eigenvalue weighted by atomic mass is 9.96. The molecule has 0 unspecified atom stereocenters. The quantitative estimate of drug-likeness (QED) is 0.175. The molecule has 0 N–H and O–H groups in total. The summed E-state index contributed by atoms with van der Waals surface area (Å²) in [6, 6.07) is 58.5. The largest absolute Gasteiger partial charge is 0.455 e. The zero-order valence-corrected chi connectivity index (χ0v) is 28.1. The molecule has 0 aliphatic heterocycles. The summed E-state index contributed by atoms with van der Waals surface area (Å²) in [5.41, 5.74) is 8.83.